The maximum absolute atomic E-state index is 11.1. The Morgan fingerprint density at radius 3 is 2.47 bits per heavy atom. The van der Waals surface area contributed by atoms with Crippen LogP contribution in [0.15, 0.2) is 18.3 Å². The Morgan fingerprint density at radius 2 is 2.05 bits per heavy atom. The van der Waals surface area contributed by atoms with E-state index < -0.39 is 20.5 Å². The van der Waals surface area contributed by atoms with Gasteiger partial charge in [0.05, 0.1) is 11.2 Å². The van der Waals surface area contributed by atoms with Crippen LogP contribution in [-0.4, -0.2) is 36.7 Å². The van der Waals surface area contributed by atoms with E-state index in [0.29, 0.717) is 12.4 Å². The predicted molar refractivity (Wildman–Crippen MR) is 71.4 cm³/mol. The highest BCUT2D eigenvalue weighted by molar-refractivity contribution is 7.88. The van der Waals surface area contributed by atoms with Gasteiger partial charge in [0, 0.05) is 18.2 Å². The first-order valence-corrected chi connectivity index (χ1v) is 7.31. The molecule has 0 saturated heterocycles. The summed E-state index contributed by atoms with van der Waals surface area (Å²) in [5.41, 5.74) is -0.795. The molecule has 0 bridgehead atoms. The average molecular weight is 288 g/mol. The van der Waals surface area contributed by atoms with E-state index in [4.69, 9.17) is 0 Å². The lowest BCUT2D eigenvalue weighted by Crippen LogP contribution is -2.47. The van der Waals surface area contributed by atoms with E-state index in [1.807, 2.05) is 0 Å². The molecule has 2 N–H and O–H groups in total. The third-order valence-electron chi connectivity index (χ3n) is 2.13. The molecule has 0 aliphatic carbocycles. The van der Waals surface area contributed by atoms with Crippen LogP contribution in [-0.2, 0) is 10.0 Å². The van der Waals surface area contributed by atoms with Crippen LogP contribution in [0.25, 0.3) is 0 Å². The minimum absolute atomic E-state index is 0.0981. The minimum Gasteiger partial charge on any atom is -0.368 e. The van der Waals surface area contributed by atoms with Crippen LogP contribution in [0.2, 0.25) is 0 Å². The van der Waals surface area contributed by atoms with Crippen molar-refractivity contribution in [3.63, 3.8) is 0 Å². The molecule has 9 heteroatoms. The smallest absolute Gasteiger partial charge is 0.287 e. The quantitative estimate of drug-likeness (QED) is 0.589. The van der Waals surface area contributed by atoms with Crippen LogP contribution < -0.4 is 10.0 Å². The molecule has 0 atom stereocenters. The summed E-state index contributed by atoms with van der Waals surface area (Å²) in [4.78, 5) is 13.8. The molecule has 0 aliphatic heterocycles. The van der Waals surface area contributed by atoms with Crippen LogP contribution in [0.5, 0.6) is 0 Å². The van der Waals surface area contributed by atoms with E-state index in [9.17, 15) is 18.5 Å². The molecule has 8 nitrogen and oxygen atoms in total. The molecule has 0 unspecified atom stereocenters. The first-order valence-electron chi connectivity index (χ1n) is 5.42. The maximum Gasteiger partial charge on any atom is 0.287 e. The first-order chi connectivity index (χ1) is 8.59. The van der Waals surface area contributed by atoms with Crippen molar-refractivity contribution in [3.8, 4) is 0 Å². The molecule has 0 amide bonds. The molecule has 0 fully saturated rings. The summed E-state index contributed by atoms with van der Waals surface area (Å²) in [7, 11) is -3.30. The van der Waals surface area contributed by atoms with Gasteiger partial charge in [0.1, 0.15) is 12.0 Å². The zero-order valence-electron chi connectivity index (χ0n) is 10.9. The van der Waals surface area contributed by atoms with Gasteiger partial charge in [-0.2, -0.15) is 0 Å². The van der Waals surface area contributed by atoms with Gasteiger partial charge < -0.3 is 5.32 Å². The number of hydrogen-bond donors (Lipinski definition) is 2. The summed E-state index contributed by atoms with van der Waals surface area (Å²) >= 11 is 0. The Hall–Kier alpha value is -1.74. The van der Waals surface area contributed by atoms with E-state index in [0.717, 1.165) is 12.5 Å². The van der Waals surface area contributed by atoms with Crippen molar-refractivity contribution in [1.29, 1.82) is 0 Å². The van der Waals surface area contributed by atoms with Gasteiger partial charge in [0.25, 0.3) is 5.69 Å². The third kappa shape index (κ3) is 5.62. The van der Waals surface area contributed by atoms with Crippen LogP contribution in [0.3, 0.4) is 0 Å². The van der Waals surface area contributed by atoms with E-state index >= 15 is 0 Å². The number of sulfonamides is 1. The number of pyridine rings is 1. The molecule has 1 aromatic rings. The van der Waals surface area contributed by atoms with Gasteiger partial charge in [-0.05, 0) is 19.9 Å². The van der Waals surface area contributed by atoms with Crippen molar-refractivity contribution >= 4 is 21.5 Å². The number of anilines is 1. The molecule has 0 saturated carbocycles. The highest BCUT2D eigenvalue weighted by Crippen LogP contribution is 2.13. The summed E-state index contributed by atoms with van der Waals surface area (Å²) in [5.74, 6) is 0.439. The van der Waals surface area contributed by atoms with Crippen molar-refractivity contribution in [2.75, 3.05) is 18.1 Å². The van der Waals surface area contributed by atoms with E-state index in [-0.39, 0.29) is 5.69 Å². The van der Waals surface area contributed by atoms with Crippen molar-refractivity contribution in [2.24, 2.45) is 0 Å². The molecule has 0 radical (unpaired) electrons. The number of rotatable bonds is 6. The van der Waals surface area contributed by atoms with Crippen molar-refractivity contribution < 1.29 is 13.3 Å². The molecule has 1 heterocycles. The molecule has 1 aromatic heterocycles. The van der Waals surface area contributed by atoms with E-state index in [2.05, 4.69) is 15.0 Å². The van der Waals surface area contributed by atoms with Crippen molar-refractivity contribution in [3.05, 3.63) is 28.4 Å². The molecule has 19 heavy (non-hydrogen) atoms. The lowest BCUT2D eigenvalue weighted by atomic mass is 10.1. The molecule has 0 spiro atoms. The van der Waals surface area contributed by atoms with Crippen molar-refractivity contribution in [2.45, 2.75) is 19.4 Å². The molecular weight excluding hydrogens is 272 g/mol. The fraction of sp³-hybridized carbons (Fsp3) is 0.500. The van der Waals surface area contributed by atoms with Crippen LogP contribution in [0, 0.1) is 10.1 Å². The number of nitro groups is 1. The maximum atomic E-state index is 11.1. The second-order valence-electron chi connectivity index (χ2n) is 4.77. The summed E-state index contributed by atoms with van der Waals surface area (Å²) in [6.45, 7) is 3.73. The number of hydrogen-bond acceptors (Lipinski definition) is 6. The number of nitrogens with one attached hydrogen (secondary N) is 2. The van der Waals surface area contributed by atoms with Crippen LogP contribution >= 0.6 is 0 Å². The standard InChI is InChI=1S/C10H16N4O4S/c1-10(2,13-19(3,17)18)7-12-9-5-4-8(6-11-9)14(15)16/h4-6,13H,7H2,1-3H3,(H,11,12). The van der Waals surface area contributed by atoms with Gasteiger partial charge in [0.2, 0.25) is 10.0 Å². The third-order valence-corrected chi connectivity index (χ3v) is 3.06. The molecule has 106 valence electrons. The summed E-state index contributed by atoms with van der Waals surface area (Å²) in [6, 6.07) is 2.79. The van der Waals surface area contributed by atoms with Crippen LogP contribution in [0.1, 0.15) is 13.8 Å². The van der Waals surface area contributed by atoms with Crippen molar-refractivity contribution in [1.82, 2.24) is 9.71 Å². The zero-order valence-corrected chi connectivity index (χ0v) is 11.7. The molecule has 0 aromatic carbocycles. The van der Waals surface area contributed by atoms with Gasteiger partial charge in [-0.1, -0.05) is 0 Å². The molecular formula is C10H16N4O4S. The van der Waals surface area contributed by atoms with Gasteiger partial charge in [0.15, 0.2) is 0 Å². The highest BCUT2D eigenvalue weighted by atomic mass is 32.2. The SMILES string of the molecule is CC(C)(CNc1ccc([N+](=O)[O-])cn1)NS(C)(=O)=O. The lowest BCUT2D eigenvalue weighted by Gasteiger charge is -2.25. The summed E-state index contributed by atoms with van der Waals surface area (Å²) < 4.78 is 24.8. The monoisotopic (exact) mass is 288 g/mol. The fourth-order valence-corrected chi connectivity index (χ4v) is 2.52. The predicted octanol–water partition coefficient (Wildman–Crippen LogP) is 0.729. The second kappa shape index (κ2) is 5.49. The first kappa shape index (κ1) is 15.3. The van der Waals surface area contributed by atoms with Gasteiger partial charge in [-0.15, -0.1) is 0 Å². The largest absolute Gasteiger partial charge is 0.368 e. The highest BCUT2D eigenvalue weighted by Gasteiger charge is 2.21. The van der Waals surface area contributed by atoms with Gasteiger partial charge in [-0.3, -0.25) is 10.1 Å². The fourth-order valence-electron chi connectivity index (χ4n) is 1.45. The Morgan fingerprint density at radius 1 is 1.42 bits per heavy atom. The topological polar surface area (TPSA) is 114 Å². The second-order valence-corrected chi connectivity index (χ2v) is 6.52. The Labute approximate surface area is 111 Å². The molecule has 0 aliphatic rings. The lowest BCUT2D eigenvalue weighted by molar-refractivity contribution is -0.385. The Kier molecular flexibility index (Phi) is 4.43. The Bertz CT molecular complexity index is 553. The molecule has 1 rings (SSSR count). The Balaban J connectivity index is 2.64. The average Bonchev–Trinajstić information content (AvgIpc) is 2.24. The van der Waals surface area contributed by atoms with Gasteiger partial charge in [-0.25, -0.2) is 18.1 Å². The minimum atomic E-state index is -3.30. The van der Waals surface area contributed by atoms with Crippen LogP contribution in [0.4, 0.5) is 11.5 Å². The summed E-state index contributed by atoms with van der Waals surface area (Å²) in [5, 5.41) is 13.4. The van der Waals surface area contributed by atoms with Gasteiger partial charge >= 0.3 is 0 Å². The number of aromatic nitrogens is 1. The van der Waals surface area contributed by atoms with E-state index in [1.54, 1.807) is 13.8 Å². The normalized spacial score (nSPS) is 12.2. The number of nitrogens with zero attached hydrogens (tertiary/aromatic N) is 2. The summed E-state index contributed by atoms with van der Waals surface area (Å²) in [6.07, 6.45) is 2.22. The zero-order chi connectivity index (χ0) is 14.7. The van der Waals surface area contributed by atoms with E-state index in [1.165, 1.54) is 12.1 Å².